The first-order chi connectivity index (χ1) is 9.47. The van der Waals surface area contributed by atoms with Crippen molar-refractivity contribution in [3.8, 4) is 5.75 Å². The molecule has 0 aliphatic rings. The summed E-state index contributed by atoms with van der Waals surface area (Å²) in [6.45, 7) is 0. The van der Waals surface area contributed by atoms with E-state index in [0.717, 1.165) is 4.47 Å². The van der Waals surface area contributed by atoms with Gasteiger partial charge >= 0.3 is 0 Å². The second-order valence-electron chi connectivity index (χ2n) is 3.94. The van der Waals surface area contributed by atoms with Crippen LogP contribution >= 0.6 is 15.9 Å². The molecule has 2 aromatic rings. The highest BCUT2D eigenvalue weighted by Crippen LogP contribution is 2.27. The molecule has 0 saturated carbocycles. The molecule has 7 heteroatoms. The minimum Gasteiger partial charge on any atom is -0.872 e. The van der Waals surface area contributed by atoms with Crippen LogP contribution in [0.3, 0.4) is 0 Å². The smallest absolute Gasteiger partial charge is 0.271 e. The van der Waals surface area contributed by atoms with E-state index in [1.165, 1.54) is 30.5 Å². The number of nitrogens with zero attached hydrogens (tertiary/aromatic N) is 2. The maximum atomic E-state index is 11.6. The molecule has 0 radical (unpaired) electrons. The second-order valence-corrected chi connectivity index (χ2v) is 4.86. The predicted octanol–water partition coefficient (Wildman–Crippen LogP) is 2.76. The Labute approximate surface area is 122 Å². The molecule has 2 aromatic carbocycles. The molecular formula is C13H9BrN3O3-. The Kier molecular flexibility index (Phi) is 3.99. The van der Waals surface area contributed by atoms with Gasteiger partial charge in [-0.05, 0) is 23.8 Å². The third kappa shape index (κ3) is 3.12. The molecule has 0 fully saturated rings. The molecule has 0 aliphatic heterocycles. The first-order valence-electron chi connectivity index (χ1n) is 5.52. The number of anilines is 1. The molecule has 0 saturated heterocycles. The van der Waals surface area contributed by atoms with E-state index in [9.17, 15) is 15.2 Å². The number of halogens is 1. The van der Waals surface area contributed by atoms with Gasteiger partial charge in [-0.2, -0.15) is 0 Å². The van der Waals surface area contributed by atoms with Gasteiger partial charge < -0.3 is 10.8 Å². The minimum absolute atomic E-state index is 0.108. The van der Waals surface area contributed by atoms with Gasteiger partial charge in [0.2, 0.25) is 0 Å². The molecule has 0 aromatic heterocycles. The fourth-order valence-corrected chi connectivity index (χ4v) is 1.90. The standard InChI is InChI=1S/C13H10BrN3O3/c14-9-1-4-13(18)8(5-9)7-16-12-6-10(17(19)20)2-3-11(12)15/h1-7,18H,15H2/p-1. The molecular weight excluding hydrogens is 326 g/mol. The number of nitrogen functional groups attached to an aromatic ring is 1. The van der Waals surface area contributed by atoms with Crippen LogP contribution in [-0.4, -0.2) is 11.1 Å². The number of nitro benzene ring substituents is 1. The molecule has 6 nitrogen and oxygen atoms in total. The van der Waals surface area contributed by atoms with Crippen molar-refractivity contribution in [1.29, 1.82) is 0 Å². The van der Waals surface area contributed by atoms with Crippen molar-refractivity contribution in [2.75, 3.05) is 5.73 Å². The molecule has 0 bridgehead atoms. The van der Waals surface area contributed by atoms with Crippen LogP contribution in [-0.2, 0) is 0 Å². The van der Waals surface area contributed by atoms with E-state index < -0.39 is 4.92 Å². The van der Waals surface area contributed by atoms with E-state index in [2.05, 4.69) is 20.9 Å². The maximum absolute atomic E-state index is 11.6. The average Bonchev–Trinajstić information content (AvgIpc) is 2.41. The molecule has 0 amide bonds. The fourth-order valence-electron chi connectivity index (χ4n) is 1.52. The molecule has 0 spiro atoms. The maximum Gasteiger partial charge on any atom is 0.271 e. The van der Waals surface area contributed by atoms with E-state index in [0.29, 0.717) is 11.3 Å². The zero-order valence-electron chi connectivity index (χ0n) is 10.1. The van der Waals surface area contributed by atoms with Crippen LogP contribution in [0, 0.1) is 10.1 Å². The van der Waals surface area contributed by atoms with Gasteiger partial charge in [-0.25, -0.2) is 0 Å². The van der Waals surface area contributed by atoms with Gasteiger partial charge in [-0.1, -0.05) is 27.7 Å². The van der Waals surface area contributed by atoms with Gasteiger partial charge in [0.05, 0.1) is 16.3 Å². The number of benzene rings is 2. The van der Waals surface area contributed by atoms with Gasteiger partial charge in [0, 0.05) is 22.8 Å². The van der Waals surface area contributed by atoms with Crippen molar-refractivity contribution in [3.63, 3.8) is 0 Å². The van der Waals surface area contributed by atoms with Gasteiger partial charge in [0.15, 0.2) is 0 Å². The van der Waals surface area contributed by atoms with Crippen LogP contribution in [0.15, 0.2) is 45.9 Å². The third-order valence-corrected chi connectivity index (χ3v) is 3.03. The fraction of sp³-hybridized carbons (Fsp3) is 0. The largest absolute Gasteiger partial charge is 0.872 e. The number of hydrogen-bond acceptors (Lipinski definition) is 5. The van der Waals surface area contributed by atoms with Crippen molar-refractivity contribution >= 4 is 39.2 Å². The number of nitro groups is 1. The average molecular weight is 335 g/mol. The van der Waals surface area contributed by atoms with Crippen LogP contribution in [0.2, 0.25) is 0 Å². The van der Waals surface area contributed by atoms with Gasteiger partial charge in [-0.3, -0.25) is 15.1 Å². The quantitative estimate of drug-likeness (QED) is 0.403. The summed E-state index contributed by atoms with van der Waals surface area (Å²) in [5, 5.41) is 22.3. The molecule has 2 N–H and O–H groups in total. The van der Waals surface area contributed by atoms with Crippen LogP contribution in [0.5, 0.6) is 5.75 Å². The molecule has 20 heavy (non-hydrogen) atoms. The van der Waals surface area contributed by atoms with Gasteiger partial charge in [0.1, 0.15) is 0 Å². The van der Waals surface area contributed by atoms with Gasteiger partial charge in [-0.15, -0.1) is 0 Å². The summed E-state index contributed by atoms with van der Waals surface area (Å²) in [4.78, 5) is 14.2. The number of aliphatic imine (C=N–C) groups is 1. The van der Waals surface area contributed by atoms with Crippen molar-refractivity contribution in [3.05, 3.63) is 56.5 Å². The lowest BCUT2D eigenvalue weighted by atomic mass is 10.2. The van der Waals surface area contributed by atoms with E-state index in [1.54, 1.807) is 12.1 Å². The molecule has 2 rings (SSSR count). The monoisotopic (exact) mass is 334 g/mol. The lowest BCUT2D eigenvalue weighted by Gasteiger charge is -2.09. The molecule has 0 heterocycles. The van der Waals surface area contributed by atoms with Gasteiger partial charge in [0.25, 0.3) is 5.69 Å². The van der Waals surface area contributed by atoms with Crippen molar-refractivity contribution in [1.82, 2.24) is 0 Å². The van der Waals surface area contributed by atoms with Crippen LogP contribution < -0.4 is 10.8 Å². The first kappa shape index (κ1) is 14.0. The summed E-state index contributed by atoms with van der Waals surface area (Å²) >= 11 is 3.25. The Morgan fingerprint density at radius 3 is 2.70 bits per heavy atom. The zero-order valence-corrected chi connectivity index (χ0v) is 11.7. The molecule has 0 unspecified atom stereocenters. The Morgan fingerprint density at radius 1 is 1.25 bits per heavy atom. The highest BCUT2D eigenvalue weighted by Gasteiger charge is 2.08. The molecule has 102 valence electrons. The summed E-state index contributed by atoms with van der Waals surface area (Å²) in [5.74, 6) is -0.194. The topological polar surface area (TPSA) is 105 Å². The van der Waals surface area contributed by atoms with Crippen LogP contribution in [0.1, 0.15) is 5.56 Å². The van der Waals surface area contributed by atoms with E-state index in [4.69, 9.17) is 5.73 Å². The van der Waals surface area contributed by atoms with Crippen molar-refractivity contribution in [2.24, 2.45) is 4.99 Å². The minimum atomic E-state index is -0.531. The molecule has 0 atom stereocenters. The lowest BCUT2D eigenvalue weighted by molar-refractivity contribution is -0.384. The predicted molar refractivity (Wildman–Crippen MR) is 78.4 cm³/mol. The Morgan fingerprint density at radius 2 is 2.00 bits per heavy atom. The Hall–Kier alpha value is -2.41. The normalized spacial score (nSPS) is 10.8. The summed E-state index contributed by atoms with van der Waals surface area (Å²) in [6, 6.07) is 8.60. The number of nitrogens with two attached hydrogens (primary N) is 1. The third-order valence-electron chi connectivity index (χ3n) is 2.54. The highest BCUT2D eigenvalue weighted by atomic mass is 79.9. The van der Waals surface area contributed by atoms with E-state index >= 15 is 0 Å². The van der Waals surface area contributed by atoms with Crippen LogP contribution in [0.4, 0.5) is 17.1 Å². The van der Waals surface area contributed by atoms with Crippen molar-refractivity contribution in [2.45, 2.75) is 0 Å². The second kappa shape index (κ2) is 5.70. The van der Waals surface area contributed by atoms with Crippen molar-refractivity contribution < 1.29 is 10.0 Å². The zero-order chi connectivity index (χ0) is 14.7. The lowest BCUT2D eigenvalue weighted by Crippen LogP contribution is -1.96. The SMILES string of the molecule is Nc1ccc([N+](=O)[O-])cc1N=Cc1cc(Br)ccc1[O-]. The Bertz CT molecular complexity index is 701. The van der Waals surface area contributed by atoms with E-state index in [1.807, 2.05) is 0 Å². The summed E-state index contributed by atoms with van der Waals surface area (Å²) in [6.07, 6.45) is 1.34. The van der Waals surface area contributed by atoms with Crippen LogP contribution in [0.25, 0.3) is 0 Å². The summed E-state index contributed by atoms with van der Waals surface area (Å²) in [5.41, 5.74) is 6.50. The van der Waals surface area contributed by atoms with E-state index in [-0.39, 0.29) is 17.1 Å². The number of hydrogen-bond donors (Lipinski definition) is 1. The Balaban J connectivity index is 2.38. The number of rotatable bonds is 3. The summed E-state index contributed by atoms with van der Waals surface area (Å²) in [7, 11) is 0. The summed E-state index contributed by atoms with van der Waals surface area (Å²) < 4.78 is 0.741. The molecule has 0 aliphatic carbocycles. The highest BCUT2D eigenvalue weighted by molar-refractivity contribution is 9.10. The number of non-ortho nitro benzene ring substituents is 1. The first-order valence-corrected chi connectivity index (χ1v) is 6.31.